The zero-order valence-corrected chi connectivity index (χ0v) is 7.88. The van der Waals surface area contributed by atoms with Gasteiger partial charge in [-0.05, 0) is 35.5 Å². The summed E-state index contributed by atoms with van der Waals surface area (Å²) in [4.78, 5) is 3.62. The van der Waals surface area contributed by atoms with Crippen molar-refractivity contribution in [3.8, 4) is 11.2 Å². The Morgan fingerprint density at radius 1 is 1.46 bits per heavy atom. The number of thioether (sulfide) groups is 1. The molecule has 0 atom stereocenters. The number of nitrogens with zero attached hydrogens (tertiary/aromatic N) is 3. The summed E-state index contributed by atoms with van der Waals surface area (Å²) in [6.07, 6.45) is 0. The first kappa shape index (κ1) is 9.53. The molecule has 0 bridgehead atoms. The molecule has 4 heteroatoms. The molecule has 0 aliphatic heterocycles. The molecule has 0 saturated carbocycles. The van der Waals surface area contributed by atoms with Gasteiger partial charge in [-0.3, -0.25) is 0 Å². The molecular formula is C9H7N3S. The van der Waals surface area contributed by atoms with E-state index in [4.69, 9.17) is 5.53 Å². The fraction of sp³-hybridized carbons (Fsp3) is 0.111. The van der Waals surface area contributed by atoms with E-state index in [2.05, 4.69) is 21.2 Å². The number of hydrogen-bond acceptors (Lipinski definition) is 2. The van der Waals surface area contributed by atoms with Crippen molar-refractivity contribution in [2.75, 3.05) is 0 Å². The summed E-state index contributed by atoms with van der Waals surface area (Å²) in [6, 6.07) is 7.35. The monoisotopic (exact) mass is 189 g/mol. The van der Waals surface area contributed by atoms with Crippen LogP contribution in [0.4, 0.5) is 5.69 Å². The van der Waals surface area contributed by atoms with Crippen molar-refractivity contribution in [1.29, 1.82) is 0 Å². The highest BCUT2D eigenvalue weighted by Gasteiger charge is 1.96. The Bertz CT molecular complexity index is 397. The molecule has 1 aromatic carbocycles. The maximum atomic E-state index is 8.28. The maximum Gasteiger partial charge on any atom is 0.0521 e. The first-order valence-electron chi connectivity index (χ1n) is 3.61. The average Bonchev–Trinajstić information content (AvgIpc) is 2.17. The van der Waals surface area contributed by atoms with Gasteiger partial charge >= 0.3 is 0 Å². The lowest BCUT2D eigenvalue weighted by atomic mass is 10.3. The third-order valence-electron chi connectivity index (χ3n) is 1.28. The molecule has 0 N–H and O–H groups in total. The van der Waals surface area contributed by atoms with Gasteiger partial charge in [0.15, 0.2) is 0 Å². The lowest BCUT2D eigenvalue weighted by Gasteiger charge is -1.97. The third kappa shape index (κ3) is 2.75. The fourth-order valence-corrected chi connectivity index (χ4v) is 1.35. The van der Waals surface area contributed by atoms with Crippen molar-refractivity contribution in [3.05, 3.63) is 34.7 Å². The van der Waals surface area contributed by atoms with Gasteiger partial charge in [0.05, 0.1) is 5.69 Å². The second-order valence-electron chi connectivity index (χ2n) is 2.11. The smallest absolute Gasteiger partial charge is 0.0521 e. The summed E-state index contributed by atoms with van der Waals surface area (Å²) in [5, 5.41) is 6.40. The van der Waals surface area contributed by atoms with Gasteiger partial charge in [0.2, 0.25) is 0 Å². The summed E-state index contributed by atoms with van der Waals surface area (Å²) in [7, 11) is 0. The number of hydrogen-bond donors (Lipinski definition) is 0. The first-order chi connectivity index (χ1) is 6.38. The SMILES string of the molecule is CC#CSc1ccccc1N=[N+]=[N-]. The molecule has 0 radical (unpaired) electrons. The summed E-state index contributed by atoms with van der Waals surface area (Å²) in [5.41, 5.74) is 8.91. The minimum atomic E-state index is 0.623. The van der Waals surface area contributed by atoms with Gasteiger partial charge in [-0.25, -0.2) is 0 Å². The Balaban J connectivity index is 3.01. The van der Waals surface area contributed by atoms with E-state index < -0.39 is 0 Å². The molecule has 0 saturated heterocycles. The predicted octanol–water partition coefficient (Wildman–Crippen LogP) is 3.70. The highest BCUT2D eigenvalue weighted by Crippen LogP contribution is 2.28. The Kier molecular flexibility index (Phi) is 3.77. The van der Waals surface area contributed by atoms with Crippen LogP contribution in [0.3, 0.4) is 0 Å². The van der Waals surface area contributed by atoms with Crippen LogP contribution in [0.1, 0.15) is 6.92 Å². The van der Waals surface area contributed by atoms with Crippen molar-refractivity contribution in [2.45, 2.75) is 11.8 Å². The highest BCUT2D eigenvalue weighted by atomic mass is 32.2. The number of benzene rings is 1. The van der Waals surface area contributed by atoms with Crippen molar-refractivity contribution in [3.63, 3.8) is 0 Å². The Morgan fingerprint density at radius 2 is 2.23 bits per heavy atom. The summed E-state index contributed by atoms with van der Waals surface area (Å²) >= 11 is 1.36. The van der Waals surface area contributed by atoms with Crippen molar-refractivity contribution in [1.82, 2.24) is 0 Å². The van der Waals surface area contributed by atoms with E-state index in [0.29, 0.717) is 5.69 Å². The van der Waals surface area contributed by atoms with Gasteiger partial charge in [0.25, 0.3) is 0 Å². The van der Waals surface area contributed by atoms with E-state index in [1.807, 2.05) is 18.2 Å². The van der Waals surface area contributed by atoms with Crippen LogP contribution < -0.4 is 0 Å². The number of rotatable bonds is 2. The summed E-state index contributed by atoms with van der Waals surface area (Å²) in [5.74, 6) is 2.76. The normalized spacial score (nSPS) is 8.08. The summed E-state index contributed by atoms with van der Waals surface area (Å²) < 4.78 is 0. The molecule has 1 rings (SSSR count). The Morgan fingerprint density at radius 3 is 2.92 bits per heavy atom. The lowest BCUT2D eigenvalue weighted by Crippen LogP contribution is -1.68. The minimum absolute atomic E-state index is 0.623. The zero-order valence-electron chi connectivity index (χ0n) is 7.06. The van der Waals surface area contributed by atoms with Gasteiger partial charge in [0.1, 0.15) is 0 Å². The highest BCUT2D eigenvalue weighted by molar-refractivity contribution is 8.04. The standard InChI is InChI=1S/C9H7N3S/c1-2-7-13-9-6-4-3-5-8(9)11-12-10/h3-6H,1H3. The van der Waals surface area contributed by atoms with E-state index >= 15 is 0 Å². The Hall–Kier alpha value is -1.56. The van der Waals surface area contributed by atoms with E-state index in [1.165, 1.54) is 11.8 Å². The molecule has 0 amide bonds. The molecule has 0 spiro atoms. The van der Waals surface area contributed by atoms with Gasteiger partial charge < -0.3 is 0 Å². The third-order valence-corrected chi connectivity index (χ3v) is 2.15. The molecule has 0 fully saturated rings. The summed E-state index contributed by atoms with van der Waals surface area (Å²) in [6.45, 7) is 1.77. The average molecular weight is 189 g/mol. The van der Waals surface area contributed by atoms with Crippen molar-refractivity contribution >= 4 is 17.4 Å². The van der Waals surface area contributed by atoms with Crippen LogP contribution in [0.2, 0.25) is 0 Å². The van der Waals surface area contributed by atoms with E-state index in [9.17, 15) is 0 Å². The van der Waals surface area contributed by atoms with Crippen LogP contribution in [0, 0.1) is 11.2 Å². The van der Waals surface area contributed by atoms with Crippen molar-refractivity contribution < 1.29 is 0 Å². The van der Waals surface area contributed by atoms with E-state index in [-0.39, 0.29) is 0 Å². The van der Waals surface area contributed by atoms with E-state index in [1.54, 1.807) is 13.0 Å². The van der Waals surface area contributed by atoms with Gasteiger partial charge in [0, 0.05) is 9.81 Å². The molecule has 1 aromatic rings. The van der Waals surface area contributed by atoms with Crippen LogP contribution in [0.5, 0.6) is 0 Å². The largest absolute Gasteiger partial charge is 0.0943 e. The van der Waals surface area contributed by atoms with Crippen LogP contribution >= 0.6 is 11.8 Å². The molecule has 0 aliphatic rings. The second kappa shape index (κ2) is 5.15. The lowest BCUT2D eigenvalue weighted by molar-refractivity contribution is 1.36. The van der Waals surface area contributed by atoms with E-state index in [0.717, 1.165) is 4.90 Å². The molecule has 0 heterocycles. The topological polar surface area (TPSA) is 48.8 Å². The molecule has 13 heavy (non-hydrogen) atoms. The molecule has 64 valence electrons. The molecule has 0 aliphatic carbocycles. The van der Waals surface area contributed by atoms with Crippen LogP contribution in [0.15, 0.2) is 34.3 Å². The van der Waals surface area contributed by atoms with Crippen molar-refractivity contribution in [2.24, 2.45) is 5.11 Å². The van der Waals surface area contributed by atoms with Crippen LogP contribution in [-0.2, 0) is 0 Å². The van der Waals surface area contributed by atoms with Crippen LogP contribution in [-0.4, -0.2) is 0 Å². The predicted molar refractivity (Wildman–Crippen MR) is 54.6 cm³/mol. The number of azide groups is 1. The zero-order chi connectivity index (χ0) is 9.52. The first-order valence-corrected chi connectivity index (χ1v) is 4.43. The molecule has 3 nitrogen and oxygen atoms in total. The Labute approximate surface area is 80.8 Å². The fourth-order valence-electron chi connectivity index (χ4n) is 0.780. The van der Waals surface area contributed by atoms with Gasteiger partial charge in [-0.15, -0.1) is 0 Å². The van der Waals surface area contributed by atoms with Gasteiger partial charge in [-0.2, -0.15) is 0 Å². The molecule has 0 aromatic heterocycles. The maximum absolute atomic E-state index is 8.28. The second-order valence-corrected chi connectivity index (χ2v) is 2.96. The van der Waals surface area contributed by atoms with Gasteiger partial charge in [-0.1, -0.05) is 29.2 Å². The quantitative estimate of drug-likeness (QED) is 0.230. The molecular weight excluding hydrogens is 182 g/mol. The molecule has 0 unspecified atom stereocenters. The van der Waals surface area contributed by atoms with Crippen LogP contribution in [0.25, 0.3) is 10.4 Å². The minimum Gasteiger partial charge on any atom is -0.0943 e.